The van der Waals surface area contributed by atoms with Crippen molar-refractivity contribution in [2.24, 2.45) is 7.05 Å². The standard InChI is InChI=1S/C21H19N3O4/c1-24-11-10-22-21(24)20(26)15-4-6-16(7-5-15)23-19(25)9-3-14-2-8-17-18(12-14)28-13-27-17/h2,4-8,10-12H,3,9,13H2,1H3,(H,23,25). The van der Waals surface area contributed by atoms with E-state index in [9.17, 15) is 9.59 Å². The molecular formula is C21H19N3O4. The molecule has 4 rings (SSSR count). The number of rotatable bonds is 6. The summed E-state index contributed by atoms with van der Waals surface area (Å²) in [6.07, 6.45) is 4.25. The maximum Gasteiger partial charge on any atom is 0.231 e. The Hall–Kier alpha value is -3.61. The Morgan fingerprint density at radius 1 is 1.11 bits per heavy atom. The Morgan fingerprint density at radius 3 is 2.64 bits per heavy atom. The third-order valence-electron chi connectivity index (χ3n) is 4.53. The summed E-state index contributed by atoms with van der Waals surface area (Å²) >= 11 is 0. The maximum absolute atomic E-state index is 12.4. The molecular weight excluding hydrogens is 358 g/mol. The second-order valence-corrected chi connectivity index (χ2v) is 6.50. The normalized spacial score (nSPS) is 12.0. The number of anilines is 1. The number of carbonyl (C=O) groups is 2. The lowest BCUT2D eigenvalue weighted by atomic mass is 10.1. The molecule has 1 aromatic heterocycles. The fraction of sp³-hybridized carbons (Fsp3) is 0.190. The van der Waals surface area contributed by atoms with Crippen LogP contribution in [-0.2, 0) is 18.3 Å². The number of aromatic nitrogens is 2. The van der Waals surface area contributed by atoms with Crippen LogP contribution in [0.5, 0.6) is 11.5 Å². The van der Waals surface area contributed by atoms with Crippen molar-refractivity contribution in [3.05, 3.63) is 71.8 Å². The minimum absolute atomic E-state index is 0.0964. The molecule has 0 aliphatic carbocycles. The van der Waals surface area contributed by atoms with E-state index in [2.05, 4.69) is 10.3 Å². The van der Waals surface area contributed by atoms with Crippen LogP contribution in [0.2, 0.25) is 0 Å². The highest BCUT2D eigenvalue weighted by molar-refractivity contribution is 6.07. The first-order valence-corrected chi connectivity index (χ1v) is 8.90. The van der Waals surface area contributed by atoms with E-state index in [0.29, 0.717) is 35.7 Å². The average Bonchev–Trinajstić information content (AvgIpc) is 3.34. The molecule has 0 saturated heterocycles. The molecule has 0 radical (unpaired) electrons. The van der Waals surface area contributed by atoms with Crippen LogP contribution in [0.3, 0.4) is 0 Å². The Kier molecular flexibility index (Phi) is 4.80. The quantitative estimate of drug-likeness (QED) is 0.668. The first kappa shape index (κ1) is 17.8. The summed E-state index contributed by atoms with van der Waals surface area (Å²) in [7, 11) is 1.77. The van der Waals surface area contributed by atoms with Gasteiger partial charge in [0.05, 0.1) is 0 Å². The van der Waals surface area contributed by atoms with Crippen LogP contribution in [0.4, 0.5) is 5.69 Å². The van der Waals surface area contributed by atoms with E-state index in [0.717, 1.165) is 11.3 Å². The van der Waals surface area contributed by atoms with E-state index in [1.54, 1.807) is 48.3 Å². The van der Waals surface area contributed by atoms with Crippen LogP contribution in [0.1, 0.15) is 28.2 Å². The topological polar surface area (TPSA) is 82.5 Å². The Balaban J connectivity index is 1.33. The largest absolute Gasteiger partial charge is 0.454 e. The van der Waals surface area contributed by atoms with Crippen LogP contribution >= 0.6 is 0 Å². The van der Waals surface area contributed by atoms with Crippen LogP contribution < -0.4 is 14.8 Å². The zero-order valence-corrected chi connectivity index (χ0v) is 15.3. The Bertz CT molecular complexity index is 1020. The summed E-state index contributed by atoms with van der Waals surface area (Å²) in [6.45, 7) is 0.234. The smallest absolute Gasteiger partial charge is 0.231 e. The van der Waals surface area contributed by atoms with E-state index < -0.39 is 0 Å². The lowest BCUT2D eigenvalue weighted by molar-refractivity contribution is -0.116. The number of fused-ring (bicyclic) bond motifs is 1. The van der Waals surface area contributed by atoms with Gasteiger partial charge in [0.2, 0.25) is 18.5 Å². The predicted molar refractivity (Wildman–Crippen MR) is 103 cm³/mol. The third-order valence-corrected chi connectivity index (χ3v) is 4.53. The highest BCUT2D eigenvalue weighted by Gasteiger charge is 2.15. The summed E-state index contributed by atoms with van der Waals surface area (Å²) in [4.78, 5) is 28.7. The molecule has 1 aliphatic rings. The average molecular weight is 377 g/mol. The molecule has 0 fully saturated rings. The first-order chi connectivity index (χ1) is 13.6. The molecule has 3 aromatic rings. The zero-order valence-electron chi connectivity index (χ0n) is 15.3. The van der Waals surface area contributed by atoms with Gasteiger partial charge in [0.25, 0.3) is 0 Å². The van der Waals surface area contributed by atoms with Crippen molar-refractivity contribution >= 4 is 17.4 Å². The SMILES string of the molecule is Cn1ccnc1C(=O)c1ccc(NC(=O)CCc2ccc3c(c2)OCO3)cc1. The molecule has 28 heavy (non-hydrogen) atoms. The van der Waals surface area contributed by atoms with Crippen molar-refractivity contribution in [1.29, 1.82) is 0 Å². The number of ether oxygens (including phenoxy) is 2. The van der Waals surface area contributed by atoms with Gasteiger partial charge in [-0.25, -0.2) is 4.98 Å². The van der Waals surface area contributed by atoms with Crippen LogP contribution in [0.25, 0.3) is 0 Å². The molecule has 0 atom stereocenters. The van der Waals surface area contributed by atoms with Gasteiger partial charge in [-0.2, -0.15) is 0 Å². The van der Waals surface area contributed by atoms with Gasteiger partial charge < -0.3 is 19.4 Å². The van der Waals surface area contributed by atoms with Crippen LogP contribution in [0.15, 0.2) is 54.9 Å². The number of carbonyl (C=O) groups excluding carboxylic acids is 2. The molecule has 0 spiro atoms. The molecule has 0 unspecified atom stereocenters. The van der Waals surface area contributed by atoms with Gasteiger partial charge in [-0.15, -0.1) is 0 Å². The van der Waals surface area contributed by atoms with E-state index in [4.69, 9.17) is 9.47 Å². The molecule has 0 saturated carbocycles. The summed E-state index contributed by atoms with van der Waals surface area (Å²) in [5, 5.41) is 2.85. The Labute approximate surface area is 161 Å². The van der Waals surface area contributed by atoms with E-state index in [1.807, 2.05) is 18.2 Å². The van der Waals surface area contributed by atoms with Gasteiger partial charge in [-0.05, 0) is 48.4 Å². The van der Waals surface area contributed by atoms with Gasteiger partial charge in [0.1, 0.15) is 0 Å². The number of hydrogen-bond acceptors (Lipinski definition) is 5. The van der Waals surface area contributed by atoms with Crippen molar-refractivity contribution in [3.63, 3.8) is 0 Å². The molecule has 2 heterocycles. The number of amides is 1. The van der Waals surface area contributed by atoms with Gasteiger partial charge in [0, 0.05) is 37.1 Å². The lowest BCUT2D eigenvalue weighted by Crippen LogP contribution is -2.13. The van der Waals surface area contributed by atoms with Gasteiger partial charge in [0.15, 0.2) is 17.3 Å². The minimum atomic E-state index is -0.159. The number of aryl methyl sites for hydroxylation is 2. The minimum Gasteiger partial charge on any atom is -0.454 e. The number of ketones is 1. The summed E-state index contributed by atoms with van der Waals surface area (Å²) in [5.41, 5.74) is 2.18. The molecule has 142 valence electrons. The van der Waals surface area contributed by atoms with Gasteiger partial charge in [-0.1, -0.05) is 6.07 Å². The van der Waals surface area contributed by atoms with Crippen molar-refractivity contribution in [2.45, 2.75) is 12.8 Å². The summed E-state index contributed by atoms with van der Waals surface area (Å²) < 4.78 is 12.3. The van der Waals surface area contributed by atoms with Crippen molar-refractivity contribution < 1.29 is 19.1 Å². The highest BCUT2D eigenvalue weighted by atomic mass is 16.7. The number of hydrogen-bond donors (Lipinski definition) is 1. The second kappa shape index (κ2) is 7.56. The molecule has 2 aromatic carbocycles. The Morgan fingerprint density at radius 2 is 1.89 bits per heavy atom. The van der Waals surface area contributed by atoms with Crippen LogP contribution in [-0.4, -0.2) is 28.0 Å². The summed E-state index contributed by atoms with van der Waals surface area (Å²) in [6, 6.07) is 12.5. The fourth-order valence-corrected chi connectivity index (χ4v) is 3.00. The van der Waals surface area contributed by atoms with E-state index in [-0.39, 0.29) is 18.5 Å². The number of benzene rings is 2. The molecule has 0 bridgehead atoms. The second-order valence-electron chi connectivity index (χ2n) is 6.50. The lowest BCUT2D eigenvalue weighted by Gasteiger charge is -2.07. The van der Waals surface area contributed by atoms with Gasteiger partial charge in [-0.3, -0.25) is 9.59 Å². The fourth-order valence-electron chi connectivity index (χ4n) is 3.00. The molecule has 7 nitrogen and oxygen atoms in total. The number of imidazole rings is 1. The molecule has 1 N–H and O–H groups in total. The predicted octanol–water partition coefficient (Wildman–Crippen LogP) is 2.95. The maximum atomic E-state index is 12.4. The summed E-state index contributed by atoms with van der Waals surface area (Å²) in [5.74, 6) is 1.56. The van der Waals surface area contributed by atoms with Crippen molar-refractivity contribution in [2.75, 3.05) is 12.1 Å². The van der Waals surface area contributed by atoms with E-state index >= 15 is 0 Å². The third kappa shape index (κ3) is 3.73. The number of nitrogens with one attached hydrogen (secondary N) is 1. The molecule has 1 amide bonds. The molecule has 7 heteroatoms. The number of nitrogens with zero attached hydrogens (tertiary/aromatic N) is 2. The zero-order chi connectivity index (χ0) is 19.5. The van der Waals surface area contributed by atoms with Crippen molar-refractivity contribution in [3.8, 4) is 11.5 Å². The monoisotopic (exact) mass is 377 g/mol. The van der Waals surface area contributed by atoms with E-state index in [1.165, 1.54) is 0 Å². The van der Waals surface area contributed by atoms with Crippen molar-refractivity contribution in [1.82, 2.24) is 9.55 Å². The molecule has 1 aliphatic heterocycles. The first-order valence-electron chi connectivity index (χ1n) is 8.90. The van der Waals surface area contributed by atoms with Crippen LogP contribution in [0, 0.1) is 0 Å². The highest BCUT2D eigenvalue weighted by Crippen LogP contribution is 2.32. The van der Waals surface area contributed by atoms with Gasteiger partial charge >= 0.3 is 0 Å².